The number of carbonyl (C=O) groups is 1. The van der Waals surface area contributed by atoms with Crippen molar-refractivity contribution >= 4 is 17.4 Å². The molecular formula is C38H46N2O. The molecule has 0 aliphatic heterocycles. The Morgan fingerprint density at radius 3 is 2.39 bits per heavy atom. The summed E-state index contributed by atoms with van der Waals surface area (Å²) >= 11 is 0. The van der Waals surface area contributed by atoms with E-state index in [9.17, 15) is 4.79 Å². The monoisotopic (exact) mass is 546 g/mol. The van der Waals surface area contributed by atoms with Crippen LogP contribution in [0, 0.1) is 25.7 Å². The molecule has 3 heteroatoms. The summed E-state index contributed by atoms with van der Waals surface area (Å²) in [4.78, 5) is 21.6. The van der Waals surface area contributed by atoms with E-state index in [-0.39, 0.29) is 0 Å². The lowest BCUT2D eigenvalue weighted by molar-refractivity contribution is -0.128. The maximum Gasteiger partial charge on any atom is 0.139 e. The van der Waals surface area contributed by atoms with Crippen molar-refractivity contribution in [2.75, 3.05) is 0 Å². The molecular weight excluding hydrogens is 500 g/mol. The molecule has 41 heavy (non-hydrogen) atoms. The van der Waals surface area contributed by atoms with E-state index >= 15 is 0 Å². The van der Waals surface area contributed by atoms with Crippen molar-refractivity contribution in [3.05, 3.63) is 95.0 Å². The van der Waals surface area contributed by atoms with E-state index in [4.69, 9.17) is 0 Å². The molecule has 0 N–H and O–H groups in total. The SMILES string of the molecule is C=C1CC=Cc2cc(-c3cncc(CC)n3)ccc21.Cc1ccc(C2CCC(C(=O)C3CCCCC3)CC2)c(C)c1. The molecule has 1 aromatic heterocycles. The van der Waals surface area contributed by atoms with Crippen molar-refractivity contribution < 1.29 is 4.79 Å². The predicted octanol–water partition coefficient (Wildman–Crippen LogP) is 9.86. The minimum absolute atomic E-state index is 0.366. The maximum absolute atomic E-state index is 12.7. The molecule has 2 aromatic carbocycles. The van der Waals surface area contributed by atoms with Gasteiger partial charge in [-0.05, 0) is 105 Å². The first kappa shape index (κ1) is 29.2. The number of benzene rings is 2. The quantitative estimate of drug-likeness (QED) is 0.320. The van der Waals surface area contributed by atoms with E-state index in [1.54, 1.807) is 0 Å². The highest BCUT2D eigenvalue weighted by molar-refractivity contribution is 5.83. The average molecular weight is 547 g/mol. The lowest BCUT2D eigenvalue weighted by atomic mass is 9.72. The molecule has 2 saturated carbocycles. The molecule has 0 atom stereocenters. The van der Waals surface area contributed by atoms with E-state index < -0.39 is 0 Å². The van der Waals surface area contributed by atoms with Crippen molar-refractivity contribution in [2.24, 2.45) is 11.8 Å². The molecule has 0 amide bonds. The van der Waals surface area contributed by atoms with Gasteiger partial charge in [0.05, 0.1) is 17.6 Å². The van der Waals surface area contributed by atoms with Gasteiger partial charge in [0, 0.05) is 23.6 Å². The Hall–Kier alpha value is -3.33. The number of fused-ring (bicyclic) bond motifs is 1. The van der Waals surface area contributed by atoms with Crippen LogP contribution < -0.4 is 0 Å². The smallest absolute Gasteiger partial charge is 0.139 e. The average Bonchev–Trinajstić information content (AvgIpc) is 3.01. The second-order valence-electron chi connectivity index (χ2n) is 12.4. The van der Waals surface area contributed by atoms with Crippen LogP contribution in [0.3, 0.4) is 0 Å². The zero-order valence-electron chi connectivity index (χ0n) is 25.3. The first-order valence-corrected chi connectivity index (χ1v) is 15.8. The Morgan fingerprint density at radius 1 is 0.902 bits per heavy atom. The lowest BCUT2D eigenvalue weighted by Gasteiger charge is -2.32. The van der Waals surface area contributed by atoms with E-state index in [0.717, 1.165) is 55.5 Å². The fourth-order valence-corrected chi connectivity index (χ4v) is 7.03. The molecule has 3 aliphatic carbocycles. The maximum atomic E-state index is 12.7. The Balaban J connectivity index is 0.000000166. The van der Waals surface area contributed by atoms with Crippen LogP contribution in [0.15, 0.2) is 61.4 Å². The first-order valence-electron chi connectivity index (χ1n) is 15.8. The molecule has 214 valence electrons. The fourth-order valence-electron chi connectivity index (χ4n) is 7.03. The number of hydrogen-bond donors (Lipinski definition) is 0. The van der Waals surface area contributed by atoms with Gasteiger partial charge in [0.1, 0.15) is 5.78 Å². The normalized spacial score (nSPS) is 20.6. The van der Waals surface area contributed by atoms with Gasteiger partial charge in [-0.2, -0.15) is 0 Å². The number of ketones is 1. The van der Waals surface area contributed by atoms with Crippen LogP contribution in [0.25, 0.3) is 22.9 Å². The Labute approximate surface area is 247 Å². The molecule has 0 spiro atoms. The molecule has 1 heterocycles. The summed E-state index contributed by atoms with van der Waals surface area (Å²) in [6.07, 6.45) is 20.7. The Morgan fingerprint density at radius 2 is 1.66 bits per heavy atom. The van der Waals surface area contributed by atoms with Crippen LogP contribution in [-0.2, 0) is 11.2 Å². The molecule has 0 unspecified atom stereocenters. The third-order valence-electron chi connectivity index (χ3n) is 9.44. The van der Waals surface area contributed by atoms with Crippen molar-refractivity contribution in [2.45, 2.75) is 97.3 Å². The summed E-state index contributed by atoms with van der Waals surface area (Å²) in [7, 11) is 0. The second kappa shape index (κ2) is 13.6. The standard InChI is InChI=1S/C21H30O.C17H16N2/c1-15-8-13-20(16(2)14-15)17-9-11-19(12-10-17)21(22)18-6-4-3-5-7-18;1-3-15-10-18-11-17(19-15)14-7-8-16-12(2)5-4-6-13(16)9-14/h8,13-14,17-19H,3-7,9-12H2,1-2H3;4,6-11H,2-3,5H2,1H3. The third-order valence-corrected chi connectivity index (χ3v) is 9.44. The van der Waals surface area contributed by atoms with Gasteiger partial charge >= 0.3 is 0 Å². The van der Waals surface area contributed by atoms with Gasteiger partial charge in [-0.25, -0.2) is 4.98 Å². The largest absolute Gasteiger partial charge is 0.299 e. The number of allylic oxidation sites excluding steroid dienone is 2. The van der Waals surface area contributed by atoms with Crippen molar-refractivity contribution in [3.63, 3.8) is 0 Å². The highest BCUT2D eigenvalue weighted by atomic mass is 16.1. The van der Waals surface area contributed by atoms with E-state index in [1.807, 2.05) is 12.4 Å². The van der Waals surface area contributed by atoms with Gasteiger partial charge in [-0.15, -0.1) is 0 Å². The number of aromatic nitrogens is 2. The summed E-state index contributed by atoms with van der Waals surface area (Å²) < 4.78 is 0. The number of Topliss-reactive ketones (excluding diaryl/α,β-unsaturated/α-hetero) is 1. The predicted molar refractivity (Wildman–Crippen MR) is 172 cm³/mol. The second-order valence-corrected chi connectivity index (χ2v) is 12.4. The Bertz CT molecular complexity index is 1400. The topological polar surface area (TPSA) is 42.9 Å². The molecule has 3 aliphatic rings. The summed E-state index contributed by atoms with van der Waals surface area (Å²) in [6.45, 7) is 10.6. The minimum atomic E-state index is 0.366. The lowest BCUT2D eigenvalue weighted by Crippen LogP contribution is -2.28. The van der Waals surface area contributed by atoms with Crippen molar-refractivity contribution in [1.29, 1.82) is 0 Å². The van der Waals surface area contributed by atoms with Gasteiger partial charge in [-0.1, -0.05) is 80.8 Å². The molecule has 2 fully saturated rings. The van der Waals surface area contributed by atoms with E-state index in [1.165, 1.54) is 65.5 Å². The van der Waals surface area contributed by atoms with Crippen LogP contribution in [0.2, 0.25) is 0 Å². The van der Waals surface area contributed by atoms with Gasteiger partial charge in [0.25, 0.3) is 0 Å². The highest BCUT2D eigenvalue weighted by Gasteiger charge is 2.32. The van der Waals surface area contributed by atoms with Crippen LogP contribution >= 0.6 is 0 Å². The molecule has 0 saturated heterocycles. The van der Waals surface area contributed by atoms with E-state index in [2.05, 4.69) is 85.9 Å². The van der Waals surface area contributed by atoms with E-state index in [0.29, 0.717) is 23.5 Å². The zero-order valence-corrected chi connectivity index (χ0v) is 25.3. The first-order chi connectivity index (χ1) is 19.9. The fraction of sp³-hybridized carbons (Fsp3) is 0.447. The van der Waals surface area contributed by atoms with Crippen LogP contribution in [-0.4, -0.2) is 15.8 Å². The van der Waals surface area contributed by atoms with Crippen LogP contribution in [0.4, 0.5) is 0 Å². The molecule has 0 bridgehead atoms. The summed E-state index contributed by atoms with van der Waals surface area (Å²) in [5, 5.41) is 0. The van der Waals surface area contributed by atoms with Gasteiger partial charge < -0.3 is 0 Å². The number of nitrogens with zero attached hydrogens (tertiary/aromatic N) is 2. The number of rotatable bonds is 5. The van der Waals surface area contributed by atoms with Gasteiger partial charge in [0.2, 0.25) is 0 Å². The zero-order chi connectivity index (χ0) is 28.8. The van der Waals surface area contributed by atoms with Gasteiger partial charge in [0.15, 0.2) is 0 Å². The summed E-state index contributed by atoms with van der Waals surface area (Å²) in [5.74, 6) is 2.05. The molecule has 6 rings (SSSR count). The summed E-state index contributed by atoms with van der Waals surface area (Å²) in [6, 6.07) is 13.3. The number of aryl methyl sites for hydroxylation is 3. The highest BCUT2D eigenvalue weighted by Crippen LogP contribution is 2.40. The minimum Gasteiger partial charge on any atom is -0.299 e. The number of carbonyl (C=O) groups excluding carboxylic acids is 1. The van der Waals surface area contributed by atoms with Crippen molar-refractivity contribution in [1.82, 2.24) is 9.97 Å². The molecule has 3 nitrogen and oxygen atoms in total. The number of hydrogen-bond acceptors (Lipinski definition) is 3. The van der Waals surface area contributed by atoms with Crippen LogP contribution in [0.1, 0.15) is 111 Å². The third kappa shape index (κ3) is 7.12. The van der Waals surface area contributed by atoms with Crippen molar-refractivity contribution in [3.8, 4) is 11.3 Å². The summed E-state index contributed by atoms with van der Waals surface area (Å²) in [5.41, 5.74) is 11.0. The molecule has 0 radical (unpaired) electrons. The molecule has 3 aromatic rings. The van der Waals surface area contributed by atoms with Gasteiger partial charge in [-0.3, -0.25) is 9.78 Å². The van der Waals surface area contributed by atoms with Crippen LogP contribution in [0.5, 0.6) is 0 Å². The Kier molecular flexibility index (Phi) is 9.64.